The van der Waals surface area contributed by atoms with Crippen LogP contribution < -0.4 is 10.5 Å². The Morgan fingerprint density at radius 2 is 2.11 bits per heavy atom. The summed E-state index contributed by atoms with van der Waals surface area (Å²) in [5.41, 5.74) is 7.35. The average molecular weight is 395 g/mol. The van der Waals surface area contributed by atoms with Gasteiger partial charge in [-0.25, -0.2) is 36.9 Å². The molecule has 0 atom stereocenters. The van der Waals surface area contributed by atoms with E-state index in [9.17, 15) is 17.2 Å². The third-order valence-electron chi connectivity index (χ3n) is 3.64. The molecular weight excluding hydrogens is 380 g/mol. The molecule has 0 aliphatic carbocycles. The van der Waals surface area contributed by atoms with Crippen LogP contribution in [0.25, 0.3) is 17.1 Å². The summed E-state index contributed by atoms with van der Waals surface area (Å²) in [6.45, 7) is 0.787. The van der Waals surface area contributed by atoms with Crippen LogP contribution in [0, 0.1) is 6.92 Å². The smallest absolute Gasteiger partial charge is 0.251 e. The lowest BCUT2D eigenvalue weighted by atomic mass is 10.1. The van der Waals surface area contributed by atoms with Crippen LogP contribution in [0.5, 0.6) is 0 Å². The molecule has 0 saturated heterocycles. The van der Waals surface area contributed by atoms with E-state index < -0.39 is 23.0 Å². The van der Waals surface area contributed by atoms with Gasteiger partial charge in [-0.15, -0.1) is 0 Å². The zero-order valence-corrected chi connectivity index (χ0v) is 14.9. The summed E-state index contributed by atoms with van der Waals surface area (Å²) in [6.07, 6.45) is 1.30. The molecule has 9 nitrogen and oxygen atoms in total. The number of benzene rings is 1. The normalized spacial score (nSPS) is 11.9. The van der Waals surface area contributed by atoms with Crippen molar-refractivity contribution in [3.63, 3.8) is 0 Å². The summed E-state index contributed by atoms with van der Waals surface area (Å²) in [5.74, 6) is 0.345. The Morgan fingerprint density at radius 3 is 2.78 bits per heavy atom. The van der Waals surface area contributed by atoms with E-state index in [1.807, 2.05) is 4.72 Å². The van der Waals surface area contributed by atoms with Gasteiger partial charge in [0.1, 0.15) is 12.7 Å². The van der Waals surface area contributed by atoms with Crippen molar-refractivity contribution in [2.45, 2.75) is 18.2 Å². The van der Waals surface area contributed by atoms with Gasteiger partial charge in [0.25, 0.3) is 6.43 Å². The number of aromatic nitrogens is 5. The molecule has 0 fully saturated rings. The first-order chi connectivity index (χ1) is 12.8. The number of nitrogens with one attached hydrogen (secondary N) is 1. The number of nitrogens with zero attached hydrogens (tertiary/aromatic N) is 5. The lowest BCUT2D eigenvalue weighted by molar-refractivity contribution is 0.153. The summed E-state index contributed by atoms with van der Waals surface area (Å²) in [4.78, 5) is 12.1. The number of hydrogen-bond acceptors (Lipinski definition) is 7. The molecule has 0 aliphatic rings. The minimum absolute atomic E-state index is 0.115. The van der Waals surface area contributed by atoms with E-state index in [1.165, 1.54) is 35.7 Å². The molecule has 0 amide bonds. The van der Waals surface area contributed by atoms with Crippen molar-refractivity contribution in [1.82, 2.24) is 29.5 Å². The van der Waals surface area contributed by atoms with Crippen molar-refractivity contribution in [3.05, 3.63) is 42.6 Å². The molecule has 0 spiro atoms. The molecule has 2 aromatic heterocycles. The molecule has 1 aromatic carbocycles. The van der Waals surface area contributed by atoms with Crippen LogP contribution in [0.1, 0.15) is 5.56 Å². The van der Waals surface area contributed by atoms with E-state index in [0.29, 0.717) is 16.8 Å². The molecule has 142 valence electrons. The van der Waals surface area contributed by atoms with Crippen molar-refractivity contribution in [2.75, 3.05) is 12.3 Å². The minimum atomic E-state index is -4.09. The van der Waals surface area contributed by atoms with E-state index in [-0.39, 0.29) is 16.5 Å². The summed E-state index contributed by atoms with van der Waals surface area (Å²) >= 11 is 0. The number of nitrogens with two attached hydrogens (primary N) is 1. The maximum atomic E-state index is 12.3. The third-order valence-corrected chi connectivity index (χ3v) is 5.06. The molecule has 3 aromatic rings. The lowest BCUT2D eigenvalue weighted by Gasteiger charge is -2.11. The van der Waals surface area contributed by atoms with Gasteiger partial charge < -0.3 is 5.73 Å². The van der Waals surface area contributed by atoms with Crippen molar-refractivity contribution in [1.29, 1.82) is 0 Å². The SMILES string of the molecule is Cc1ccc(S(=O)(=O)NCC(F)F)cc1-c1cnc(N)c(-n2cncn2)n1. The Kier molecular flexibility index (Phi) is 5.10. The topological polar surface area (TPSA) is 129 Å². The molecule has 0 unspecified atom stereocenters. The Hall–Kier alpha value is -2.99. The van der Waals surface area contributed by atoms with Gasteiger partial charge in [0.15, 0.2) is 11.6 Å². The van der Waals surface area contributed by atoms with Gasteiger partial charge in [-0.05, 0) is 24.6 Å². The second kappa shape index (κ2) is 7.32. The molecule has 27 heavy (non-hydrogen) atoms. The zero-order valence-electron chi connectivity index (χ0n) is 14.0. The van der Waals surface area contributed by atoms with Crippen LogP contribution in [0.15, 0.2) is 41.9 Å². The second-order valence-corrected chi connectivity index (χ2v) is 7.29. The summed E-state index contributed by atoms with van der Waals surface area (Å²) in [7, 11) is -4.09. The van der Waals surface area contributed by atoms with Gasteiger partial charge >= 0.3 is 0 Å². The molecular formula is C15H15F2N7O2S. The van der Waals surface area contributed by atoms with Crippen molar-refractivity contribution in [3.8, 4) is 17.1 Å². The van der Waals surface area contributed by atoms with Crippen LogP contribution in [0.3, 0.4) is 0 Å². The highest BCUT2D eigenvalue weighted by molar-refractivity contribution is 7.89. The number of nitrogen functional groups attached to an aromatic ring is 1. The summed E-state index contributed by atoms with van der Waals surface area (Å²) < 4.78 is 52.3. The van der Waals surface area contributed by atoms with Crippen LogP contribution in [-0.4, -0.2) is 46.1 Å². The monoisotopic (exact) mass is 395 g/mol. The average Bonchev–Trinajstić information content (AvgIpc) is 3.15. The summed E-state index contributed by atoms with van der Waals surface area (Å²) in [5, 5.41) is 3.95. The Bertz CT molecular complexity index is 1060. The van der Waals surface area contributed by atoms with Gasteiger partial charge in [-0.2, -0.15) is 9.78 Å². The summed E-state index contributed by atoms with van der Waals surface area (Å²) in [6, 6.07) is 4.23. The highest BCUT2D eigenvalue weighted by Crippen LogP contribution is 2.26. The molecule has 0 aliphatic heterocycles. The van der Waals surface area contributed by atoms with E-state index in [1.54, 1.807) is 13.0 Å². The Labute approximate surface area is 153 Å². The number of halogens is 2. The van der Waals surface area contributed by atoms with E-state index in [4.69, 9.17) is 5.73 Å². The lowest BCUT2D eigenvalue weighted by Crippen LogP contribution is -2.28. The fourth-order valence-electron chi connectivity index (χ4n) is 2.30. The van der Waals surface area contributed by atoms with Gasteiger partial charge in [-0.3, -0.25) is 0 Å². The second-order valence-electron chi connectivity index (χ2n) is 5.52. The van der Waals surface area contributed by atoms with E-state index in [0.717, 1.165) is 0 Å². The van der Waals surface area contributed by atoms with Crippen LogP contribution in [0.2, 0.25) is 0 Å². The van der Waals surface area contributed by atoms with Crippen LogP contribution in [-0.2, 0) is 10.0 Å². The van der Waals surface area contributed by atoms with Gasteiger partial charge in [0.2, 0.25) is 10.0 Å². The first-order valence-corrected chi connectivity index (χ1v) is 9.12. The first-order valence-electron chi connectivity index (χ1n) is 7.64. The van der Waals surface area contributed by atoms with E-state index >= 15 is 0 Å². The maximum Gasteiger partial charge on any atom is 0.251 e. The molecule has 0 saturated carbocycles. The molecule has 3 N–H and O–H groups in total. The molecule has 12 heteroatoms. The number of hydrogen-bond donors (Lipinski definition) is 2. The van der Waals surface area contributed by atoms with Crippen molar-refractivity contribution < 1.29 is 17.2 Å². The first kappa shape index (κ1) is 18.8. The standard InChI is InChI=1S/C15H15F2N7O2S/c1-9-2-3-10(27(25,26)22-6-13(16)17)4-11(9)12-5-20-14(18)15(23-12)24-8-19-7-21-24/h2-5,7-8,13,22H,6H2,1H3,(H2,18,20). The fourth-order valence-corrected chi connectivity index (χ4v) is 3.34. The van der Waals surface area contributed by atoms with Gasteiger partial charge in [-0.1, -0.05) is 6.07 Å². The largest absolute Gasteiger partial charge is 0.381 e. The highest BCUT2D eigenvalue weighted by Gasteiger charge is 2.19. The van der Waals surface area contributed by atoms with Gasteiger partial charge in [0.05, 0.1) is 23.3 Å². The predicted molar refractivity (Wildman–Crippen MR) is 92.7 cm³/mol. The minimum Gasteiger partial charge on any atom is -0.381 e. The molecule has 0 radical (unpaired) electrons. The van der Waals surface area contributed by atoms with Crippen LogP contribution >= 0.6 is 0 Å². The Balaban J connectivity index is 2.04. The molecule has 2 heterocycles. The van der Waals surface area contributed by atoms with E-state index in [2.05, 4.69) is 20.1 Å². The van der Waals surface area contributed by atoms with Gasteiger partial charge in [0, 0.05) is 5.56 Å². The quantitative estimate of drug-likeness (QED) is 0.641. The number of aryl methyl sites for hydroxylation is 1. The van der Waals surface area contributed by atoms with Crippen LogP contribution in [0.4, 0.5) is 14.6 Å². The molecule has 0 bridgehead atoms. The number of sulfonamides is 1. The highest BCUT2D eigenvalue weighted by atomic mass is 32.2. The van der Waals surface area contributed by atoms with Crippen molar-refractivity contribution in [2.24, 2.45) is 0 Å². The van der Waals surface area contributed by atoms with Crippen molar-refractivity contribution >= 4 is 15.8 Å². The number of anilines is 1. The fraction of sp³-hybridized carbons (Fsp3) is 0.200. The predicted octanol–water partition coefficient (Wildman–Crippen LogP) is 1.16. The number of alkyl halides is 2. The zero-order chi connectivity index (χ0) is 19.6. The Morgan fingerprint density at radius 1 is 1.33 bits per heavy atom. The maximum absolute atomic E-state index is 12.3. The number of rotatable bonds is 6. The third kappa shape index (κ3) is 4.06. The molecule has 3 rings (SSSR count).